The predicted octanol–water partition coefficient (Wildman–Crippen LogP) is -0.0695. The summed E-state index contributed by atoms with van der Waals surface area (Å²) in [4.78, 5) is 12.5. The number of nitrogens with zero attached hydrogens (tertiary/aromatic N) is 4. The zero-order valence-electron chi connectivity index (χ0n) is 6.90. The summed E-state index contributed by atoms with van der Waals surface area (Å²) >= 11 is 0. The van der Waals surface area contributed by atoms with Gasteiger partial charge in [0.2, 0.25) is 0 Å². The molecule has 1 aliphatic heterocycles. The second-order valence-corrected chi connectivity index (χ2v) is 2.91. The first-order valence-corrected chi connectivity index (χ1v) is 3.92. The molecular weight excluding hydrogens is 156 g/mol. The number of rotatable bonds is 1. The Morgan fingerprint density at radius 1 is 1.50 bits per heavy atom. The van der Waals surface area contributed by atoms with E-state index >= 15 is 0 Å². The number of aldehydes is 1. The summed E-state index contributed by atoms with van der Waals surface area (Å²) in [6.45, 7) is 1.83. The Balaban J connectivity index is 2.50. The van der Waals surface area contributed by atoms with Crippen molar-refractivity contribution in [2.45, 2.75) is 13.0 Å². The lowest BCUT2D eigenvalue weighted by molar-refractivity contribution is 0.111. The van der Waals surface area contributed by atoms with E-state index in [1.54, 1.807) is 4.68 Å². The van der Waals surface area contributed by atoms with Crippen molar-refractivity contribution in [3.63, 3.8) is 0 Å². The highest BCUT2D eigenvalue weighted by Crippen LogP contribution is 2.19. The molecule has 0 bridgehead atoms. The van der Waals surface area contributed by atoms with Crippen LogP contribution in [0.25, 0.3) is 0 Å². The quantitative estimate of drug-likeness (QED) is 0.548. The number of anilines is 1. The Morgan fingerprint density at radius 3 is 3.08 bits per heavy atom. The van der Waals surface area contributed by atoms with Crippen LogP contribution in [0.2, 0.25) is 0 Å². The van der Waals surface area contributed by atoms with Gasteiger partial charge in [-0.25, -0.2) is 4.68 Å². The lowest BCUT2D eigenvalue weighted by Crippen LogP contribution is -2.28. The molecule has 0 saturated carbocycles. The summed E-state index contributed by atoms with van der Waals surface area (Å²) < 4.78 is 1.77. The highest BCUT2D eigenvalue weighted by molar-refractivity contribution is 5.80. The smallest absolute Gasteiger partial charge is 0.174 e. The average Bonchev–Trinajstić information content (AvgIpc) is 2.49. The van der Waals surface area contributed by atoms with E-state index in [1.165, 1.54) is 0 Å². The molecule has 0 saturated heterocycles. The molecule has 12 heavy (non-hydrogen) atoms. The van der Waals surface area contributed by atoms with Gasteiger partial charge in [0.15, 0.2) is 17.8 Å². The van der Waals surface area contributed by atoms with Gasteiger partial charge >= 0.3 is 0 Å². The summed E-state index contributed by atoms with van der Waals surface area (Å²) in [5, 5.41) is 7.64. The van der Waals surface area contributed by atoms with Crippen LogP contribution in [0, 0.1) is 0 Å². The molecule has 1 aliphatic rings. The maximum Gasteiger partial charge on any atom is 0.174 e. The number of hydrogen-bond donors (Lipinski definition) is 0. The number of carbonyl (C=O) groups excluding carboxylic acids is 1. The van der Waals surface area contributed by atoms with E-state index in [9.17, 15) is 4.79 Å². The van der Waals surface area contributed by atoms with Gasteiger partial charge in [0.1, 0.15) is 0 Å². The minimum Gasteiger partial charge on any atom is -0.358 e. The molecule has 0 spiro atoms. The molecule has 2 heterocycles. The van der Waals surface area contributed by atoms with E-state index in [-0.39, 0.29) is 0 Å². The van der Waals surface area contributed by atoms with E-state index in [4.69, 9.17) is 0 Å². The molecule has 0 amide bonds. The van der Waals surface area contributed by atoms with Crippen LogP contribution in [0.3, 0.4) is 0 Å². The van der Waals surface area contributed by atoms with Gasteiger partial charge in [-0.3, -0.25) is 4.79 Å². The summed E-state index contributed by atoms with van der Waals surface area (Å²) in [5.74, 6) is 0.844. The van der Waals surface area contributed by atoms with Gasteiger partial charge in [-0.15, -0.1) is 5.10 Å². The Kier molecular flexibility index (Phi) is 1.56. The topological polar surface area (TPSA) is 51.0 Å². The lowest BCUT2D eigenvalue weighted by Gasteiger charge is -2.24. The fourth-order valence-electron chi connectivity index (χ4n) is 1.50. The van der Waals surface area contributed by atoms with E-state index < -0.39 is 0 Å². The highest BCUT2D eigenvalue weighted by Gasteiger charge is 2.19. The zero-order valence-corrected chi connectivity index (χ0v) is 6.90. The first-order valence-electron chi connectivity index (χ1n) is 3.92. The van der Waals surface area contributed by atoms with Gasteiger partial charge < -0.3 is 4.90 Å². The van der Waals surface area contributed by atoms with Crippen LogP contribution < -0.4 is 4.90 Å². The Bertz CT molecular complexity index is 306. The molecule has 0 aromatic carbocycles. The first-order chi connectivity index (χ1) is 5.83. The van der Waals surface area contributed by atoms with Crippen molar-refractivity contribution >= 4 is 12.1 Å². The third-order valence-electron chi connectivity index (χ3n) is 2.07. The minimum absolute atomic E-state index is 0.442. The van der Waals surface area contributed by atoms with Gasteiger partial charge in [-0.1, -0.05) is 5.21 Å². The molecule has 0 radical (unpaired) electrons. The minimum atomic E-state index is 0.442. The van der Waals surface area contributed by atoms with Crippen LogP contribution in [0.15, 0.2) is 0 Å². The molecule has 0 atom stereocenters. The number of hydrogen-bond acceptors (Lipinski definition) is 4. The first kappa shape index (κ1) is 7.27. The molecule has 64 valence electrons. The third-order valence-corrected chi connectivity index (χ3v) is 2.07. The number of aryl methyl sites for hydroxylation is 1. The van der Waals surface area contributed by atoms with Crippen LogP contribution in [0.1, 0.15) is 16.9 Å². The van der Waals surface area contributed by atoms with Crippen molar-refractivity contribution in [2.75, 3.05) is 18.5 Å². The maximum atomic E-state index is 10.5. The second-order valence-electron chi connectivity index (χ2n) is 2.91. The van der Waals surface area contributed by atoms with Gasteiger partial charge in [0.25, 0.3) is 0 Å². The molecule has 0 fully saturated rings. The monoisotopic (exact) mass is 166 g/mol. The Labute approximate surface area is 70.0 Å². The molecule has 5 heteroatoms. The highest BCUT2D eigenvalue weighted by atomic mass is 16.1. The van der Waals surface area contributed by atoms with Crippen LogP contribution in [-0.4, -0.2) is 34.9 Å². The lowest BCUT2D eigenvalue weighted by atomic mass is 10.3. The van der Waals surface area contributed by atoms with Gasteiger partial charge in [-0.2, -0.15) is 0 Å². The standard InChI is InChI=1S/C7H10N4O/c1-10-3-2-4-11-7(10)6(5-12)8-9-11/h5H,2-4H2,1H3. The summed E-state index contributed by atoms with van der Waals surface area (Å²) in [7, 11) is 1.95. The largest absolute Gasteiger partial charge is 0.358 e. The number of fused-ring (bicyclic) bond motifs is 1. The molecule has 5 nitrogen and oxygen atoms in total. The van der Waals surface area contributed by atoms with E-state index in [0.29, 0.717) is 5.69 Å². The molecule has 0 unspecified atom stereocenters. The molecule has 1 aromatic rings. The van der Waals surface area contributed by atoms with Crippen molar-refractivity contribution in [3.05, 3.63) is 5.69 Å². The zero-order chi connectivity index (χ0) is 8.55. The summed E-state index contributed by atoms with van der Waals surface area (Å²) in [5.41, 5.74) is 0.442. The summed E-state index contributed by atoms with van der Waals surface area (Å²) in [6, 6.07) is 0. The fourth-order valence-corrected chi connectivity index (χ4v) is 1.50. The molecule has 0 aliphatic carbocycles. The van der Waals surface area contributed by atoms with Crippen molar-refractivity contribution in [3.8, 4) is 0 Å². The van der Waals surface area contributed by atoms with Crippen LogP contribution >= 0.6 is 0 Å². The van der Waals surface area contributed by atoms with E-state index in [2.05, 4.69) is 10.3 Å². The second kappa shape index (κ2) is 2.58. The van der Waals surface area contributed by atoms with Crippen LogP contribution in [-0.2, 0) is 6.54 Å². The summed E-state index contributed by atoms with van der Waals surface area (Å²) in [6.07, 6.45) is 1.81. The van der Waals surface area contributed by atoms with Crippen LogP contribution in [0.4, 0.5) is 5.82 Å². The SMILES string of the molecule is CN1CCCn2nnc(C=O)c21. The molecule has 0 N–H and O–H groups in total. The van der Waals surface area contributed by atoms with Crippen molar-refractivity contribution < 1.29 is 4.79 Å². The number of carbonyl (C=O) groups is 1. The normalized spacial score (nSPS) is 15.9. The van der Waals surface area contributed by atoms with Gasteiger partial charge in [-0.05, 0) is 6.42 Å². The Morgan fingerprint density at radius 2 is 2.33 bits per heavy atom. The Hall–Kier alpha value is -1.39. The van der Waals surface area contributed by atoms with Gasteiger partial charge in [0, 0.05) is 20.1 Å². The fraction of sp³-hybridized carbons (Fsp3) is 0.571. The van der Waals surface area contributed by atoms with Crippen molar-refractivity contribution in [2.24, 2.45) is 0 Å². The molecular formula is C7H10N4O. The van der Waals surface area contributed by atoms with Crippen molar-refractivity contribution in [1.82, 2.24) is 15.0 Å². The average molecular weight is 166 g/mol. The molecule has 1 aromatic heterocycles. The van der Waals surface area contributed by atoms with Crippen LogP contribution in [0.5, 0.6) is 0 Å². The molecule has 2 rings (SSSR count). The van der Waals surface area contributed by atoms with E-state index in [1.807, 2.05) is 11.9 Å². The van der Waals surface area contributed by atoms with E-state index in [0.717, 1.165) is 31.6 Å². The van der Waals surface area contributed by atoms with Gasteiger partial charge in [0.05, 0.1) is 0 Å². The maximum absolute atomic E-state index is 10.5. The number of aromatic nitrogens is 3. The van der Waals surface area contributed by atoms with Crippen molar-refractivity contribution in [1.29, 1.82) is 0 Å². The third kappa shape index (κ3) is 0.895. The predicted molar refractivity (Wildman–Crippen MR) is 43.3 cm³/mol.